The van der Waals surface area contributed by atoms with Gasteiger partial charge in [0.05, 0.1) is 7.11 Å². The molecule has 0 atom stereocenters. The SMILES string of the molecule is COc1ccccc1CCC(=O)N1CCN(S(=O)(=O)c2cccs2)CC1. The number of carbonyl (C=O) groups is 1. The number of amides is 1. The van der Waals surface area contributed by atoms with E-state index in [-0.39, 0.29) is 5.91 Å². The fraction of sp³-hybridized carbons (Fsp3) is 0.389. The number of thiophene rings is 1. The zero-order valence-electron chi connectivity index (χ0n) is 14.6. The minimum Gasteiger partial charge on any atom is -0.496 e. The van der Waals surface area contributed by atoms with Crippen molar-refractivity contribution in [1.29, 1.82) is 0 Å². The molecular weight excluding hydrogens is 372 g/mol. The van der Waals surface area contributed by atoms with Gasteiger partial charge in [-0.2, -0.15) is 4.31 Å². The Morgan fingerprint density at radius 3 is 2.50 bits per heavy atom. The Balaban J connectivity index is 1.54. The number of hydrogen-bond acceptors (Lipinski definition) is 5. The van der Waals surface area contributed by atoms with Crippen molar-refractivity contribution >= 4 is 27.3 Å². The summed E-state index contributed by atoms with van der Waals surface area (Å²) in [6.07, 6.45) is 0.995. The van der Waals surface area contributed by atoms with E-state index in [1.807, 2.05) is 24.3 Å². The number of rotatable bonds is 6. The Hall–Kier alpha value is -1.90. The highest BCUT2D eigenvalue weighted by molar-refractivity contribution is 7.91. The lowest BCUT2D eigenvalue weighted by atomic mass is 10.1. The van der Waals surface area contributed by atoms with Crippen molar-refractivity contribution in [3.8, 4) is 5.75 Å². The molecule has 140 valence electrons. The first-order valence-electron chi connectivity index (χ1n) is 8.45. The van der Waals surface area contributed by atoms with E-state index in [4.69, 9.17) is 4.74 Å². The molecule has 1 aliphatic heterocycles. The number of para-hydroxylation sites is 1. The number of piperazine rings is 1. The summed E-state index contributed by atoms with van der Waals surface area (Å²) in [6.45, 7) is 1.52. The lowest BCUT2D eigenvalue weighted by Gasteiger charge is -2.33. The van der Waals surface area contributed by atoms with E-state index < -0.39 is 10.0 Å². The predicted octanol–water partition coefficient (Wildman–Crippen LogP) is 2.22. The Bertz CT molecular complexity index is 842. The van der Waals surface area contributed by atoms with Gasteiger partial charge in [-0.05, 0) is 29.5 Å². The van der Waals surface area contributed by atoms with E-state index >= 15 is 0 Å². The van der Waals surface area contributed by atoms with Crippen molar-refractivity contribution in [2.75, 3.05) is 33.3 Å². The lowest BCUT2D eigenvalue weighted by molar-refractivity contribution is -0.132. The number of benzene rings is 1. The van der Waals surface area contributed by atoms with Crippen LogP contribution in [0.1, 0.15) is 12.0 Å². The smallest absolute Gasteiger partial charge is 0.252 e. The minimum absolute atomic E-state index is 0.0454. The normalized spacial score (nSPS) is 15.8. The number of ether oxygens (including phenoxy) is 1. The van der Waals surface area contributed by atoms with Gasteiger partial charge in [-0.25, -0.2) is 8.42 Å². The second-order valence-corrected chi connectivity index (χ2v) is 9.14. The maximum Gasteiger partial charge on any atom is 0.252 e. The third kappa shape index (κ3) is 4.08. The fourth-order valence-electron chi connectivity index (χ4n) is 3.02. The van der Waals surface area contributed by atoms with Gasteiger partial charge in [0.15, 0.2) is 0 Å². The van der Waals surface area contributed by atoms with Crippen molar-refractivity contribution in [2.24, 2.45) is 0 Å². The van der Waals surface area contributed by atoms with Crippen molar-refractivity contribution in [1.82, 2.24) is 9.21 Å². The molecular formula is C18H22N2O4S2. The van der Waals surface area contributed by atoms with Gasteiger partial charge in [0.2, 0.25) is 5.91 Å². The number of nitrogens with zero attached hydrogens (tertiary/aromatic N) is 2. The first-order valence-corrected chi connectivity index (χ1v) is 10.8. The number of carbonyl (C=O) groups excluding carboxylic acids is 1. The van der Waals surface area contributed by atoms with Gasteiger partial charge in [-0.3, -0.25) is 4.79 Å². The molecule has 8 heteroatoms. The van der Waals surface area contributed by atoms with Gasteiger partial charge >= 0.3 is 0 Å². The molecule has 1 aliphatic rings. The molecule has 0 saturated carbocycles. The summed E-state index contributed by atoms with van der Waals surface area (Å²) in [5, 5.41) is 1.75. The lowest BCUT2D eigenvalue weighted by Crippen LogP contribution is -2.50. The van der Waals surface area contributed by atoms with Crippen LogP contribution in [0.4, 0.5) is 0 Å². The molecule has 1 aromatic carbocycles. The van der Waals surface area contributed by atoms with Crippen LogP contribution in [-0.2, 0) is 21.2 Å². The standard InChI is InChI=1S/C18H22N2O4S2/c1-24-16-6-3-2-5-15(16)8-9-17(21)19-10-12-20(13-11-19)26(22,23)18-7-4-14-25-18/h2-7,14H,8-13H2,1H3. The Labute approximate surface area is 158 Å². The summed E-state index contributed by atoms with van der Waals surface area (Å²) < 4.78 is 32.2. The Kier molecular flexibility index (Phi) is 5.95. The molecule has 0 radical (unpaired) electrons. The van der Waals surface area contributed by atoms with Crippen LogP contribution in [0, 0.1) is 0 Å². The van der Waals surface area contributed by atoms with Gasteiger partial charge in [0.1, 0.15) is 9.96 Å². The van der Waals surface area contributed by atoms with E-state index in [9.17, 15) is 13.2 Å². The Morgan fingerprint density at radius 2 is 1.85 bits per heavy atom. The molecule has 1 saturated heterocycles. The van der Waals surface area contributed by atoms with E-state index in [1.54, 1.807) is 29.5 Å². The summed E-state index contributed by atoms with van der Waals surface area (Å²) in [5.74, 6) is 0.830. The Morgan fingerprint density at radius 1 is 1.12 bits per heavy atom. The van der Waals surface area contributed by atoms with E-state index in [0.29, 0.717) is 43.2 Å². The van der Waals surface area contributed by atoms with Crippen LogP contribution >= 0.6 is 11.3 Å². The molecule has 3 rings (SSSR count). The fourth-order valence-corrected chi connectivity index (χ4v) is 5.59. The number of hydrogen-bond donors (Lipinski definition) is 0. The summed E-state index contributed by atoms with van der Waals surface area (Å²) in [6, 6.07) is 11.0. The van der Waals surface area contributed by atoms with Crippen LogP contribution in [0.2, 0.25) is 0 Å². The third-order valence-electron chi connectivity index (χ3n) is 4.48. The van der Waals surface area contributed by atoms with Crippen LogP contribution < -0.4 is 4.74 Å². The average molecular weight is 395 g/mol. The highest BCUT2D eigenvalue weighted by Gasteiger charge is 2.30. The second-order valence-electron chi connectivity index (χ2n) is 6.03. The van der Waals surface area contributed by atoms with Crippen molar-refractivity contribution in [3.05, 3.63) is 47.3 Å². The van der Waals surface area contributed by atoms with Gasteiger partial charge in [-0.15, -0.1) is 11.3 Å². The molecule has 2 heterocycles. The summed E-state index contributed by atoms with van der Waals surface area (Å²) >= 11 is 1.22. The van der Waals surface area contributed by atoms with Crippen LogP contribution in [0.3, 0.4) is 0 Å². The first-order chi connectivity index (χ1) is 12.5. The van der Waals surface area contributed by atoms with Gasteiger partial charge in [0.25, 0.3) is 10.0 Å². The minimum atomic E-state index is -3.43. The van der Waals surface area contributed by atoms with Crippen LogP contribution in [0.25, 0.3) is 0 Å². The molecule has 6 nitrogen and oxygen atoms in total. The van der Waals surface area contributed by atoms with Crippen molar-refractivity contribution in [3.63, 3.8) is 0 Å². The van der Waals surface area contributed by atoms with Crippen LogP contribution in [0.5, 0.6) is 5.75 Å². The highest BCUT2D eigenvalue weighted by Crippen LogP contribution is 2.23. The third-order valence-corrected chi connectivity index (χ3v) is 7.75. The molecule has 26 heavy (non-hydrogen) atoms. The van der Waals surface area contributed by atoms with E-state index in [2.05, 4.69) is 0 Å². The largest absolute Gasteiger partial charge is 0.496 e. The summed E-state index contributed by atoms with van der Waals surface area (Å²) in [4.78, 5) is 14.2. The topological polar surface area (TPSA) is 66.9 Å². The van der Waals surface area contributed by atoms with Gasteiger partial charge in [0, 0.05) is 32.6 Å². The molecule has 0 spiro atoms. The quantitative estimate of drug-likeness (QED) is 0.754. The number of sulfonamides is 1. The molecule has 2 aromatic rings. The molecule has 1 aromatic heterocycles. The van der Waals surface area contributed by atoms with Crippen LogP contribution in [0.15, 0.2) is 46.0 Å². The molecule has 1 amide bonds. The van der Waals surface area contributed by atoms with Crippen molar-refractivity contribution in [2.45, 2.75) is 17.1 Å². The van der Waals surface area contributed by atoms with E-state index in [0.717, 1.165) is 11.3 Å². The maximum atomic E-state index is 12.5. The predicted molar refractivity (Wildman–Crippen MR) is 101 cm³/mol. The molecule has 0 aliphatic carbocycles. The molecule has 0 unspecified atom stereocenters. The second kappa shape index (κ2) is 8.20. The highest BCUT2D eigenvalue weighted by atomic mass is 32.2. The zero-order chi connectivity index (χ0) is 18.6. The number of methoxy groups -OCH3 is 1. The molecule has 1 fully saturated rings. The monoisotopic (exact) mass is 394 g/mol. The first kappa shape index (κ1) is 18.9. The zero-order valence-corrected chi connectivity index (χ0v) is 16.3. The van der Waals surface area contributed by atoms with Gasteiger partial charge < -0.3 is 9.64 Å². The molecule has 0 N–H and O–H groups in total. The van der Waals surface area contributed by atoms with E-state index in [1.165, 1.54) is 15.6 Å². The summed E-state index contributed by atoms with van der Waals surface area (Å²) in [7, 11) is -1.82. The summed E-state index contributed by atoms with van der Waals surface area (Å²) in [5.41, 5.74) is 1.00. The maximum absolute atomic E-state index is 12.5. The molecule has 0 bridgehead atoms. The number of aryl methyl sites for hydroxylation is 1. The van der Waals surface area contributed by atoms with Crippen LogP contribution in [-0.4, -0.2) is 56.8 Å². The average Bonchev–Trinajstić information content (AvgIpc) is 3.22. The van der Waals surface area contributed by atoms with Crippen molar-refractivity contribution < 1.29 is 17.9 Å². The van der Waals surface area contributed by atoms with Gasteiger partial charge in [-0.1, -0.05) is 24.3 Å².